The number of rotatable bonds is 9. The normalized spacial score (nSPS) is 29.9. The Morgan fingerprint density at radius 2 is 2.00 bits per heavy atom. The number of fused-ring (bicyclic) bond motifs is 3. The minimum absolute atomic E-state index is 0.124. The Kier molecular flexibility index (Phi) is 6.74. The van der Waals surface area contributed by atoms with Gasteiger partial charge in [0.1, 0.15) is 12.3 Å². The van der Waals surface area contributed by atoms with Crippen molar-refractivity contribution in [3.63, 3.8) is 0 Å². The van der Waals surface area contributed by atoms with Gasteiger partial charge in [0.25, 0.3) is 0 Å². The number of hydrogen-bond donors (Lipinski definition) is 1. The second-order valence-corrected chi connectivity index (χ2v) is 12.3. The van der Waals surface area contributed by atoms with E-state index in [0.717, 1.165) is 55.7 Å². The molecule has 1 aromatic heterocycles. The molecule has 3 fully saturated rings. The van der Waals surface area contributed by atoms with Gasteiger partial charge < -0.3 is 19.1 Å². The lowest BCUT2D eigenvalue weighted by Gasteiger charge is -2.52. The second-order valence-electron chi connectivity index (χ2n) is 9.27. The molecular formula is C26H32NO4S2+. The predicted molar refractivity (Wildman–Crippen MR) is 135 cm³/mol. The maximum atomic E-state index is 13.5. The van der Waals surface area contributed by atoms with Crippen LogP contribution in [0.1, 0.15) is 24.1 Å². The van der Waals surface area contributed by atoms with Crippen molar-refractivity contribution in [1.82, 2.24) is 0 Å². The van der Waals surface area contributed by atoms with Gasteiger partial charge in [0.05, 0.1) is 31.1 Å². The summed E-state index contributed by atoms with van der Waals surface area (Å²) in [6.07, 6.45) is 6.97. The Morgan fingerprint density at radius 3 is 2.70 bits per heavy atom. The number of hydrogen-bond acceptors (Lipinski definition) is 5. The fraction of sp³-hybridized carbons (Fsp3) is 0.462. The van der Waals surface area contributed by atoms with Crippen LogP contribution < -0.4 is 4.74 Å². The molecule has 7 heteroatoms. The fourth-order valence-corrected chi connectivity index (χ4v) is 8.31. The minimum Gasteiger partial charge on any atom is -0.493 e. The summed E-state index contributed by atoms with van der Waals surface area (Å²) < 4.78 is 13.0. The Hall–Kier alpha value is -1.93. The third-order valence-electron chi connectivity index (χ3n) is 7.25. The van der Waals surface area contributed by atoms with Gasteiger partial charge in [-0.3, -0.25) is 0 Å². The van der Waals surface area contributed by atoms with Crippen molar-refractivity contribution in [3.05, 3.63) is 64.9 Å². The summed E-state index contributed by atoms with van der Waals surface area (Å²) in [7, 11) is -0.598. The van der Waals surface area contributed by atoms with Gasteiger partial charge in [-0.05, 0) is 28.9 Å². The van der Waals surface area contributed by atoms with E-state index in [1.54, 1.807) is 0 Å². The summed E-state index contributed by atoms with van der Waals surface area (Å²) >= 11 is 1.42. The van der Waals surface area contributed by atoms with Gasteiger partial charge >= 0.3 is 5.97 Å². The smallest absolute Gasteiger partial charge is 0.354 e. The average Bonchev–Trinajstić information content (AvgIpc) is 3.58. The fourth-order valence-electron chi connectivity index (χ4n) is 5.39. The number of carbonyl (C=O) groups is 1. The Balaban J connectivity index is 1.23. The number of quaternary nitrogens is 1. The molecule has 2 bridgehead atoms. The van der Waals surface area contributed by atoms with Crippen molar-refractivity contribution in [2.75, 3.05) is 38.5 Å². The second kappa shape index (κ2) is 9.74. The molecule has 33 heavy (non-hydrogen) atoms. The maximum Gasteiger partial charge on any atom is 0.354 e. The zero-order chi connectivity index (χ0) is 22.7. The summed E-state index contributed by atoms with van der Waals surface area (Å²) in [5.74, 6) is 1.51. The van der Waals surface area contributed by atoms with Gasteiger partial charge in [-0.1, -0.05) is 36.4 Å². The highest BCUT2D eigenvalue weighted by Crippen LogP contribution is 2.45. The van der Waals surface area contributed by atoms with Gasteiger partial charge in [-0.2, -0.15) is 0 Å². The van der Waals surface area contributed by atoms with Crippen molar-refractivity contribution in [2.45, 2.75) is 30.3 Å². The number of carbonyl (C=O) groups excluding carboxylic acids is 1. The van der Waals surface area contributed by atoms with Crippen molar-refractivity contribution >= 4 is 33.2 Å². The third kappa shape index (κ3) is 4.69. The van der Waals surface area contributed by atoms with Gasteiger partial charge in [0, 0.05) is 30.9 Å². The monoisotopic (exact) mass is 486 g/mol. The zero-order valence-corrected chi connectivity index (χ0v) is 20.4. The quantitative estimate of drug-likeness (QED) is 0.250. The molecule has 0 saturated carbocycles. The average molecular weight is 487 g/mol. The molecule has 5 nitrogen and oxygen atoms in total. The third-order valence-corrected chi connectivity index (χ3v) is 10.5. The van der Waals surface area contributed by atoms with Crippen LogP contribution in [-0.4, -0.2) is 65.6 Å². The number of nitrogens with zero attached hydrogens (tertiary/aromatic N) is 1. The highest BCUT2D eigenvalue weighted by molar-refractivity contribution is 8.16. The first-order valence-corrected chi connectivity index (χ1v) is 14.1. The van der Waals surface area contributed by atoms with Crippen LogP contribution in [0.4, 0.5) is 0 Å². The summed E-state index contributed by atoms with van der Waals surface area (Å²) in [5, 5.41) is 15.5. The van der Waals surface area contributed by atoms with Crippen LogP contribution in [0.2, 0.25) is 0 Å². The number of benzene rings is 1. The van der Waals surface area contributed by atoms with E-state index in [9.17, 15) is 9.90 Å². The van der Waals surface area contributed by atoms with Crippen LogP contribution in [0.3, 0.4) is 0 Å². The molecule has 3 saturated heterocycles. The molecule has 5 heterocycles. The van der Waals surface area contributed by atoms with Crippen molar-refractivity contribution in [2.24, 2.45) is 5.92 Å². The van der Waals surface area contributed by atoms with Crippen LogP contribution >= 0.6 is 21.8 Å². The first-order chi connectivity index (χ1) is 16.1. The number of thiophene rings is 1. The van der Waals surface area contributed by atoms with Gasteiger partial charge in [0.2, 0.25) is 4.93 Å². The van der Waals surface area contributed by atoms with Gasteiger partial charge in [-0.25, -0.2) is 4.79 Å². The van der Waals surface area contributed by atoms with Crippen molar-refractivity contribution in [1.29, 1.82) is 0 Å². The molecule has 0 radical (unpaired) electrons. The molecule has 0 spiro atoms. The van der Waals surface area contributed by atoms with E-state index in [0.29, 0.717) is 23.2 Å². The highest BCUT2D eigenvalue weighted by atomic mass is 32.2. The largest absolute Gasteiger partial charge is 0.493 e. The Labute approximate surface area is 202 Å². The molecule has 2 unspecified atom stereocenters. The van der Waals surface area contributed by atoms with E-state index in [1.807, 2.05) is 65.4 Å². The molecule has 4 aliphatic heterocycles. The lowest BCUT2D eigenvalue weighted by Crippen LogP contribution is -2.65. The van der Waals surface area contributed by atoms with Crippen molar-refractivity contribution in [3.8, 4) is 5.75 Å². The van der Waals surface area contributed by atoms with E-state index < -0.39 is 21.4 Å². The molecule has 4 aliphatic rings. The molecular weight excluding hydrogens is 454 g/mol. The minimum atomic E-state index is -1.59. The van der Waals surface area contributed by atoms with Crippen LogP contribution in [-0.2, 0) is 14.5 Å². The van der Waals surface area contributed by atoms with Crippen LogP contribution in [0.25, 0.3) is 0 Å². The van der Waals surface area contributed by atoms with Crippen LogP contribution in [0.5, 0.6) is 5.75 Å². The van der Waals surface area contributed by atoms with Crippen LogP contribution in [0, 0.1) is 5.92 Å². The molecule has 1 aromatic carbocycles. The number of ether oxygens (including phenoxy) is 2. The SMILES string of the molecule is O=C(O[C@@H]1C[N+]2(CCCOc3ccccc3)CCC1CC2)C(O)(c1cccs1)S1=CC=CC1. The highest BCUT2D eigenvalue weighted by Gasteiger charge is 2.51. The van der Waals surface area contributed by atoms with E-state index in [1.165, 1.54) is 11.3 Å². The summed E-state index contributed by atoms with van der Waals surface area (Å²) in [6, 6.07) is 13.7. The van der Waals surface area contributed by atoms with Gasteiger partial charge in [-0.15, -0.1) is 21.8 Å². The molecule has 3 atom stereocenters. The number of allylic oxidation sites excluding steroid dienone is 1. The summed E-state index contributed by atoms with van der Waals surface area (Å²) in [6.45, 7) is 4.85. The number of para-hydroxylation sites is 1. The first-order valence-electron chi connectivity index (χ1n) is 11.8. The topological polar surface area (TPSA) is 55.8 Å². The summed E-state index contributed by atoms with van der Waals surface area (Å²) in [5.41, 5.74) is 0. The van der Waals surface area contributed by atoms with E-state index in [-0.39, 0.29) is 6.10 Å². The Bertz CT molecular complexity index is 1010. The predicted octanol–water partition coefficient (Wildman–Crippen LogP) is 4.16. The number of aliphatic hydroxyl groups is 1. The number of esters is 1. The van der Waals surface area contributed by atoms with E-state index >= 15 is 0 Å². The van der Waals surface area contributed by atoms with Gasteiger partial charge in [0.15, 0.2) is 6.10 Å². The maximum absolute atomic E-state index is 13.5. The molecule has 2 aromatic rings. The number of piperidine rings is 3. The summed E-state index contributed by atoms with van der Waals surface area (Å²) in [4.78, 5) is 12.6. The standard InChI is InChI=1S/C26H32NO4S2/c28-25(26(29,24-10-6-17-32-24)33-18-4-5-19-33)31-23-20-27(14-11-21(23)12-15-27)13-7-16-30-22-8-2-1-3-9-22/h1-6,8-10,17-18,21,23,29H,7,11-16,19-20H2/q+1/t21?,23-,26?,27?,33?/m1/s1. The first kappa shape index (κ1) is 22.8. The van der Waals surface area contributed by atoms with Crippen LogP contribution in [0.15, 0.2) is 60.0 Å². The van der Waals surface area contributed by atoms with E-state index in [4.69, 9.17) is 9.47 Å². The van der Waals surface area contributed by atoms with E-state index in [2.05, 4.69) is 0 Å². The molecule has 0 amide bonds. The molecule has 6 rings (SSSR count). The zero-order valence-electron chi connectivity index (χ0n) is 18.8. The molecule has 176 valence electrons. The molecule has 0 aliphatic carbocycles. The lowest BCUT2D eigenvalue weighted by atomic mass is 9.83. The Morgan fingerprint density at radius 1 is 1.18 bits per heavy atom. The van der Waals surface area contributed by atoms with Crippen molar-refractivity contribution < 1.29 is 23.9 Å². The lowest BCUT2D eigenvalue weighted by molar-refractivity contribution is -0.946. The molecule has 1 N–H and O–H groups in total.